The molecule has 1 heterocycles. The molecule has 0 saturated carbocycles. The highest BCUT2D eigenvalue weighted by molar-refractivity contribution is 7.89. The first-order chi connectivity index (χ1) is 8.96. The molecule has 0 radical (unpaired) electrons. The molecule has 0 amide bonds. The number of nitrogens with zero attached hydrogens (tertiary/aromatic N) is 2. The Morgan fingerprint density at radius 2 is 2.26 bits per heavy atom. The first-order valence-corrected chi connectivity index (χ1v) is 7.30. The Morgan fingerprint density at radius 1 is 1.53 bits per heavy atom. The average molecular weight is 281 g/mol. The first kappa shape index (κ1) is 13.8. The molecule has 1 aromatic rings. The molecule has 0 aromatic heterocycles. The monoisotopic (exact) mass is 281 g/mol. The van der Waals surface area contributed by atoms with Gasteiger partial charge in [-0.1, -0.05) is 0 Å². The van der Waals surface area contributed by atoms with E-state index in [1.165, 1.54) is 22.5 Å². The van der Waals surface area contributed by atoms with Crippen molar-refractivity contribution in [1.82, 2.24) is 4.31 Å². The zero-order valence-electron chi connectivity index (χ0n) is 10.5. The number of nitrogen functional groups attached to an aromatic ring is 1. The van der Waals surface area contributed by atoms with Crippen LogP contribution in [0.4, 0.5) is 5.69 Å². The molecule has 102 valence electrons. The molecule has 1 aliphatic heterocycles. The molecule has 1 atom stereocenters. The second-order valence-electron chi connectivity index (χ2n) is 4.40. The summed E-state index contributed by atoms with van der Waals surface area (Å²) in [5, 5.41) is 8.76. The summed E-state index contributed by atoms with van der Waals surface area (Å²) < 4.78 is 31.7. The largest absolute Gasteiger partial charge is 0.398 e. The predicted molar refractivity (Wildman–Crippen MR) is 69.7 cm³/mol. The van der Waals surface area contributed by atoms with Crippen LogP contribution in [0, 0.1) is 11.3 Å². The summed E-state index contributed by atoms with van der Waals surface area (Å²) in [5.74, 6) is 0. The Bertz CT molecular complexity index is 622. The van der Waals surface area contributed by atoms with Gasteiger partial charge in [0.1, 0.15) is 4.90 Å². The fourth-order valence-electron chi connectivity index (χ4n) is 2.05. The molecule has 0 aliphatic carbocycles. The Hall–Kier alpha value is -1.62. The van der Waals surface area contributed by atoms with Crippen molar-refractivity contribution < 1.29 is 13.2 Å². The molecule has 1 aromatic carbocycles. The fourth-order valence-corrected chi connectivity index (χ4v) is 3.75. The van der Waals surface area contributed by atoms with Gasteiger partial charge in [-0.15, -0.1) is 0 Å². The van der Waals surface area contributed by atoms with E-state index in [-0.39, 0.29) is 16.6 Å². The quantitative estimate of drug-likeness (QED) is 0.798. The summed E-state index contributed by atoms with van der Waals surface area (Å²) in [7, 11) is -3.65. The van der Waals surface area contributed by atoms with Crippen molar-refractivity contribution in [2.75, 3.05) is 25.5 Å². The zero-order valence-corrected chi connectivity index (χ0v) is 11.4. The van der Waals surface area contributed by atoms with Gasteiger partial charge in [0.05, 0.1) is 30.5 Å². The standard InChI is InChI=1S/C12H15N3O3S/c1-9-8-18-5-4-15(9)19(16,17)12-3-2-10(7-13)6-11(12)14/h2-3,6,9H,4-5,8,14H2,1H3. The van der Waals surface area contributed by atoms with Crippen LogP contribution in [0.1, 0.15) is 12.5 Å². The third kappa shape index (κ3) is 2.56. The Labute approximate surface area is 112 Å². The second kappa shape index (κ2) is 5.17. The van der Waals surface area contributed by atoms with Crippen molar-refractivity contribution in [2.24, 2.45) is 0 Å². The number of nitriles is 1. The number of anilines is 1. The lowest BCUT2D eigenvalue weighted by molar-refractivity contribution is 0.0393. The van der Waals surface area contributed by atoms with Crippen LogP contribution < -0.4 is 5.73 Å². The third-order valence-electron chi connectivity index (χ3n) is 3.03. The van der Waals surface area contributed by atoms with E-state index in [4.69, 9.17) is 15.7 Å². The lowest BCUT2D eigenvalue weighted by Gasteiger charge is -2.32. The number of nitrogens with two attached hydrogens (primary N) is 1. The normalized spacial score (nSPS) is 20.9. The molecule has 2 rings (SSSR count). The zero-order chi connectivity index (χ0) is 14.0. The molecule has 2 N–H and O–H groups in total. The summed E-state index contributed by atoms with van der Waals surface area (Å²) in [6.45, 7) is 2.84. The fraction of sp³-hybridized carbons (Fsp3) is 0.417. The number of morpholine rings is 1. The Morgan fingerprint density at radius 3 is 2.84 bits per heavy atom. The molecule has 7 heteroatoms. The number of rotatable bonds is 2. The summed E-state index contributed by atoms with van der Waals surface area (Å²) in [6, 6.07) is 5.90. The van der Waals surface area contributed by atoms with Crippen molar-refractivity contribution in [2.45, 2.75) is 17.9 Å². The molecule has 0 bridgehead atoms. The number of hydrogen-bond donors (Lipinski definition) is 1. The van der Waals surface area contributed by atoms with Crippen LogP contribution in [0.2, 0.25) is 0 Å². The highest BCUT2D eigenvalue weighted by atomic mass is 32.2. The summed E-state index contributed by atoms with van der Waals surface area (Å²) in [4.78, 5) is 0.0419. The van der Waals surface area contributed by atoms with E-state index in [9.17, 15) is 8.42 Å². The van der Waals surface area contributed by atoms with Gasteiger partial charge in [0.15, 0.2) is 0 Å². The lowest BCUT2D eigenvalue weighted by Crippen LogP contribution is -2.47. The maximum atomic E-state index is 12.5. The second-order valence-corrected chi connectivity index (χ2v) is 6.26. The van der Waals surface area contributed by atoms with Crippen molar-refractivity contribution >= 4 is 15.7 Å². The van der Waals surface area contributed by atoms with Gasteiger partial charge in [-0.25, -0.2) is 8.42 Å². The summed E-state index contributed by atoms with van der Waals surface area (Å²) in [6.07, 6.45) is 0. The maximum Gasteiger partial charge on any atom is 0.245 e. The van der Waals surface area contributed by atoms with Crippen LogP contribution in [0.3, 0.4) is 0 Å². The number of ether oxygens (including phenoxy) is 1. The summed E-state index contributed by atoms with van der Waals surface area (Å²) >= 11 is 0. The highest BCUT2D eigenvalue weighted by Gasteiger charge is 2.32. The van der Waals surface area contributed by atoms with E-state index in [1.54, 1.807) is 6.92 Å². The average Bonchev–Trinajstić information content (AvgIpc) is 2.38. The van der Waals surface area contributed by atoms with Crippen molar-refractivity contribution in [3.63, 3.8) is 0 Å². The van der Waals surface area contributed by atoms with Gasteiger partial charge in [0.25, 0.3) is 0 Å². The van der Waals surface area contributed by atoms with Crippen LogP contribution >= 0.6 is 0 Å². The molecule has 6 nitrogen and oxygen atoms in total. The van der Waals surface area contributed by atoms with Crippen molar-refractivity contribution in [3.05, 3.63) is 23.8 Å². The van der Waals surface area contributed by atoms with Crippen molar-refractivity contribution in [3.8, 4) is 6.07 Å². The van der Waals surface area contributed by atoms with Crippen LogP contribution in [0.15, 0.2) is 23.1 Å². The van der Waals surface area contributed by atoms with E-state index < -0.39 is 10.0 Å². The van der Waals surface area contributed by atoms with E-state index >= 15 is 0 Å². The molecular formula is C12H15N3O3S. The molecule has 0 spiro atoms. The molecule has 1 saturated heterocycles. The van der Waals surface area contributed by atoms with Gasteiger partial charge in [0, 0.05) is 12.6 Å². The number of benzene rings is 1. The van der Waals surface area contributed by atoms with Crippen LogP contribution in [-0.2, 0) is 14.8 Å². The van der Waals surface area contributed by atoms with E-state index in [0.717, 1.165) is 0 Å². The Kier molecular flexibility index (Phi) is 3.75. The van der Waals surface area contributed by atoms with Crippen LogP contribution in [0.25, 0.3) is 0 Å². The maximum absolute atomic E-state index is 12.5. The summed E-state index contributed by atoms with van der Waals surface area (Å²) in [5.41, 5.74) is 6.18. The SMILES string of the molecule is CC1COCCN1S(=O)(=O)c1ccc(C#N)cc1N. The van der Waals surface area contributed by atoms with E-state index in [2.05, 4.69) is 0 Å². The number of sulfonamides is 1. The van der Waals surface area contributed by atoms with Crippen LogP contribution in [-0.4, -0.2) is 38.5 Å². The molecule has 1 fully saturated rings. The molecule has 19 heavy (non-hydrogen) atoms. The minimum Gasteiger partial charge on any atom is -0.398 e. The minimum atomic E-state index is -3.65. The van der Waals surface area contributed by atoms with E-state index in [0.29, 0.717) is 25.3 Å². The van der Waals surface area contributed by atoms with Gasteiger partial charge in [0.2, 0.25) is 10.0 Å². The van der Waals surface area contributed by atoms with Gasteiger partial charge in [-0.3, -0.25) is 0 Å². The van der Waals surface area contributed by atoms with E-state index in [1.807, 2.05) is 6.07 Å². The van der Waals surface area contributed by atoms with Crippen molar-refractivity contribution in [1.29, 1.82) is 5.26 Å². The smallest absolute Gasteiger partial charge is 0.245 e. The molecule has 1 unspecified atom stereocenters. The Balaban J connectivity index is 2.42. The third-order valence-corrected chi connectivity index (χ3v) is 5.12. The first-order valence-electron chi connectivity index (χ1n) is 5.86. The van der Waals surface area contributed by atoms with Gasteiger partial charge in [-0.2, -0.15) is 9.57 Å². The predicted octanol–water partition coefficient (Wildman–Crippen LogP) is 0.550. The van der Waals surface area contributed by atoms with Gasteiger partial charge in [-0.05, 0) is 25.1 Å². The topological polar surface area (TPSA) is 96.4 Å². The van der Waals surface area contributed by atoms with Gasteiger partial charge >= 0.3 is 0 Å². The minimum absolute atomic E-state index is 0.0419. The molecule has 1 aliphatic rings. The lowest BCUT2D eigenvalue weighted by atomic mass is 10.2. The molecular weight excluding hydrogens is 266 g/mol. The highest BCUT2D eigenvalue weighted by Crippen LogP contribution is 2.25. The van der Waals surface area contributed by atoms with Gasteiger partial charge < -0.3 is 10.5 Å². The van der Waals surface area contributed by atoms with Crippen LogP contribution in [0.5, 0.6) is 0 Å². The number of hydrogen-bond acceptors (Lipinski definition) is 5.